The Morgan fingerprint density at radius 2 is 1.73 bits per heavy atom. The molecular formula is C31H31FN4O4S. The lowest BCUT2D eigenvalue weighted by Gasteiger charge is -2.40. The Bertz CT molecular complexity index is 1690. The number of amides is 1. The second-order valence-electron chi connectivity index (χ2n) is 10.5. The Balaban J connectivity index is 1.12. The molecule has 4 aromatic rings. The van der Waals surface area contributed by atoms with Crippen molar-refractivity contribution in [1.29, 1.82) is 0 Å². The second kappa shape index (κ2) is 10.8. The Morgan fingerprint density at radius 3 is 2.44 bits per heavy atom. The molecule has 41 heavy (non-hydrogen) atoms. The van der Waals surface area contributed by atoms with Gasteiger partial charge in [0.15, 0.2) is 0 Å². The number of fused-ring (bicyclic) bond motifs is 1. The van der Waals surface area contributed by atoms with Crippen molar-refractivity contribution in [3.05, 3.63) is 102 Å². The van der Waals surface area contributed by atoms with Gasteiger partial charge in [-0.25, -0.2) is 17.5 Å². The number of rotatable bonds is 8. The maximum atomic E-state index is 13.5. The van der Waals surface area contributed by atoms with Gasteiger partial charge in [0.05, 0.1) is 18.2 Å². The van der Waals surface area contributed by atoms with Crippen LogP contribution in [0.5, 0.6) is 5.75 Å². The number of benzene rings is 3. The molecule has 8 nitrogen and oxygen atoms in total. The van der Waals surface area contributed by atoms with Crippen LogP contribution in [0.4, 0.5) is 4.39 Å². The molecule has 1 saturated heterocycles. The molecule has 2 aliphatic rings. The van der Waals surface area contributed by atoms with Crippen molar-refractivity contribution in [3.63, 3.8) is 0 Å². The molecule has 10 heteroatoms. The van der Waals surface area contributed by atoms with Crippen molar-refractivity contribution in [3.8, 4) is 5.75 Å². The van der Waals surface area contributed by atoms with Crippen molar-refractivity contribution in [2.75, 3.05) is 33.3 Å². The zero-order valence-electron chi connectivity index (χ0n) is 22.7. The predicted octanol–water partition coefficient (Wildman–Crippen LogP) is 4.31. The Kier molecular flexibility index (Phi) is 7.23. The van der Waals surface area contributed by atoms with Crippen LogP contribution >= 0.6 is 0 Å². The summed E-state index contributed by atoms with van der Waals surface area (Å²) >= 11 is 0. The van der Waals surface area contributed by atoms with E-state index in [0.29, 0.717) is 35.5 Å². The monoisotopic (exact) mass is 574 g/mol. The number of carbonyl (C=O) groups is 1. The first-order valence-corrected chi connectivity index (χ1v) is 15.1. The maximum absolute atomic E-state index is 13.5. The summed E-state index contributed by atoms with van der Waals surface area (Å²) in [4.78, 5) is 22.1. The van der Waals surface area contributed by atoms with E-state index in [0.717, 1.165) is 36.9 Å². The van der Waals surface area contributed by atoms with E-state index in [1.807, 2.05) is 29.2 Å². The molecule has 2 fully saturated rings. The number of methoxy groups -OCH3 is 1. The summed E-state index contributed by atoms with van der Waals surface area (Å²) < 4.78 is 47.8. The quantitative estimate of drug-likeness (QED) is 0.337. The molecule has 3 aromatic carbocycles. The number of carbonyl (C=O) groups excluding carboxylic acids is 1. The number of nitrogens with zero attached hydrogens (tertiary/aromatic N) is 3. The number of hydrogen-bond donors (Lipinski definition) is 1. The molecule has 0 bridgehead atoms. The minimum Gasteiger partial charge on any atom is -0.496 e. The topological polar surface area (TPSA) is 91.8 Å². The number of piperazine rings is 1. The van der Waals surface area contributed by atoms with E-state index in [1.54, 1.807) is 36.5 Å². The van der Waals surface area contributed by atoms with Crippen LogP contribution in [0.1, 0.15) is 34.3 Å². The smallest absolute Gasteiger partial charge is 0.257 e. The number of pyridine rings is 1. The molecule has 0 spiro atoms. The minimum atomic E-state index is -3.83. The van der Waals surface area contributed by atoms with Crippen LogP contribution in [0, 0.1) is 5.82 Å². The fourth-order valence-corrected chi connectivity index (χ4v) is 6.94. The Labute approximate surface area is 238 Å². The average Bonchev–Trinajstić information content (AvgIpc) is 3.82. The normalized spacial score (nSPS) is 17.0. The highest BCUT2D eigenvalue weighted by Gasteiger charge is 2.50. The SMILES string of the molecule is COc1cc(CNS(=O)(=O)c2cccc3cccnc23)ccc1C(=O)N1CCN(C2(c3ccc(F)cc3)CC2)CC1. The van der Waals surface area contributed by atoms with Crippen LogP contribution in [-0.4, -0.2) is 62.4 Å². The molecule has 0 unspecified atom stereocenters. The highest BCUT2D eigenvalue weighted by Crippen LogP contribution is 2.51. The summed E-state index contributed by atoms with van der Waals surface area (Å²) in [5.74, 6) is 0.0347. The van der Waals surface area contributed by atoms with Crippen molar-refractivity contribution >= 4 is 26.8 Å². The molecule has 212 valence electrons. The maximum Gasteiger partial charge on any atom is 0.257 e. The van der Waals surface area contributed by atoms with E-state index in [9.17, 15) is 17.6 Å². The van der Waals surface area contributed by atoms with Gasteiger partial charge in [-0.05, 0) is 60.4 Å². The van der Waals surface area contributed by atoms with Crippen LogP contribution in [0.3, 0.4) is 0 Å². The lowest BCUT2D eigenvalue weighted by Crippen LogP contribution is -2.52. The number of halogens is 1. The van der Waals surface area contributed by atoms with E-state index >= 15 is 0 Å². The molecule has 1 N–H and O–H groups in total. The standard InChI is InChI=1S/C31H31FN4O4S/c1-40-27-20-22(21-34-41(38,39)28-6-2-4-23-5-3-15-33-29(23)28)7-12-26(27)30(37)35-16-18-36(19-17-35)31(13-14-31)24-8-10-25(32)11-9-24/h2-12,15,20,34H,13-14,16-19,21H2,1H3. The molecule has 1 saturated carbocycles. The molecule has 1 aliphatic heterocycles. The number of para-hydroxylation sites is 1. The van der Waals surface area contributed by atoms with Gasteiger partial charge in [-0.15, -0.1) is 0 Å². The first-order valence-electron chi connectivity index (χ1n) is 13.6. The number of ether oxygens (including phenoxy) is 1. The second-order valence-corrected chi connectivity index (χ2v) is 12.2. The van der Waals surface area contributed by atoms with E-state index < -0.39 is 10.0 Å². The fraction of sp³-hybridized carbons (Fsp3) is 0.290. The van der Waals surface area contributed by atoms with Crippen molar-refractivity contribution in [1.82, 2.24) is 19.5 Å². The highest BCUT2D eigenvalue weighted by molar-refractivity contribution is 7.89. The summed E-state index contributed by atoms with van der Waals surface area (Å²) in [6.45, 7) is 2.64. The molecule has 1 amide bonds. The molecule has 1 aromatic heterocycles. The fourth-order valence-electron chi connectivity index (χ4n) is 5.75. The van der Waals surface area contributed by atoms with Gasteiger partial charge in [-0.2, -0.15) is 0 Å². The summed E-state index contributed by atoms with van der Waals surface area (Å²) in [7, 11) is -2.34. The van der Waals surface area contributed by atoms with E-state index in [4.69, 9.17) is 4.74 Å². The van der Waals surface area contributed by atoms with Gasteiger partial charge in [0.25, 0.3) is 5.91 Å². The third kappa shape index (κ3) is 5.30. The zero-order chi connectivity index (χ0) is 28.6. The van der Waals surface area contributed by atoms with Crippen molar-refractivity contribution in [2.24, 2.45) is 0 Å². The number of sulfonamides is 1. The molecular weight excluding hydrogens is 543 g/mol. The van der Waals surface area contributed by atoms with Crippen LogP contribution < -0.4 is 9.46 Å². The molecule has 2 heterocycles. The van der Waals surface area contributed by atoms with Crippen LogP contribution in [0.15, 0.2) is 83.9 Å². The van der Waals surface area contributed by atoms with E-state index in [-0.39, 0.29) is 28.7 Å². The molecule has 1 aliphatic carbocycles. The summed E-state index contributed by atoms with van der Waals surface area (Å²) in [5.41, 5.74) is 2.58. The molecule has 0 radical (unpaired) electrons. The van der Waals surface area contributed by atoms with Gasteiger partial charge in [-0.3, -0.25) is 14.7 Å². The van der Waals surface area contributed by atoms with Gasteiger partial charge in [0.2, 0.25) is 10.0 Å². The van der Waals surface area contributed by atoms with E-state index in [1.165, 1.54) is 25.3 Å². The van der Waals surface area contributed by atoms with Crippen LogP contribution in [0.2, 0.25) is 0 Å². The summed E-state index contributed by atoms with van der Waals surface area (Å²) in [5, 5.41) is 0.739. The average molecular weight is 575 g/mol. The number of aromatic nitrogens is 1. The number of nitrogens with one attached hydrogen (secondary N) is 1. The van der Waals surface area contributed by atoms with E-state index in [2.05, 4.69) is 14.6 Å². The third-order valence-corrected chi connectivity index (χ3v) is 9.56. The predicted molar refractivity (Wildman–Crippen MR) is 154 cm³/mol. The van der Waals surface area contributed by atoms with Gasteiger partial charge in [0.1, 0.15) is 16.5 Å². The van der Waals surface area contributed by atoms with Gasteiger partial charge < -0.3 is 9.64 Å². The lowest BCUT2D eigenvalue weighted by atomic mass is 10.0. The third-order valence-electron chi connectivity index (χ3n) is 8.13. The van der Waals surface area contributed by atoms with Gasteiger partial charge in [0, 0.05) is 49.8 Å². The Hall–Kier alpha value is -3.86. The first kappa shape index (κ1) is 27.3. The molecule has 0 atom stereocenters. The lowest BCUT2D eigenvalue weighted by molar-refractivity contribution is 0.0528. The van der Waals surface area contributed by atoms with Crippen molar-refractivity contribution < 1.29 is 22.3 Å². The summed E-state index contributed by atoms with van der Waals surface area (Å²) in [6, 6.07) is 20.5. The minimum absolute atomic E-state index is 0.0283. The summed E-state index contributed by atoms with van der Waals surface area (Å²) in [6.07, 6.45) is 3.63. The Morgan fingerprint density at radius 1 is 1.00 bits per heavy atom. The first-order chi connectivity index (χ1) is 19.8. The van der Waals surface area contributed by atoms with Crippen molar-refractivity contribution in [2.45, 2.75) is 29.8 Å². The van der Waals surface area contributed by atoms with Gasteiger partial charge in [-0.1, -0.05) is 36.4 Å². The largest absolute Gasteiger partial charge is 0.496 e. The van der Waals surface area contributed by atoms with Crippen LogP contribution in [-0.2, 0) is 22.1 Å². The zero-order valence-corrected chi connectivity index (χ0v) is 23.5. The highest BCUT2D eigenvalue weighted by atomic mass is 32.2. The van der Waals surface area contributed by atoms with Crippen LogP contribution in [0.25, 0.3) is 10.9 Å². The number of hydrogen-bond acceptors (Lipinski definition) is 6. The van der Waals surface area contributed by atoms with Gasteiger partial charge >= 0.3 is 0 Å². The molecule has 6 rings (SSSR count).